The Morgan fingerprint density at radius 2 is 2.03 bits per heavy atom. The quantitative estimate of drug-likeness (QED) is 0.632. The van der Waals surface area contributed by atoms with Gasteiger partial charge in [0.1, 0.15) is 0 Å². The molecule has 0 aliphatic heterocycles. The highest BCUT2D eigenvalue weighted by Gasteiger charge is 2.34. The molecule has 0 radical (unpaired) electrons. The monoisotopic (exact) mass is 454 g/mol. The van der Waals surface area contributed by atoms with Crippen LogP contribution in [0.25, 0.3) is 0 Å². The van der Waals surface area contributed by atoms with Crippen LogP contribution in [0, 0.1) is 19.8 Å². The van der Waals surface area contributed by atoms with Gasteiger partial charge in [0, 0.05) is 30.8 Å². The molecule has 9 heteroatoms. The molecular formula is C22H22N4O3S2. The lowest BCUT2D eigenvalue weighted by molar-refractivity contribution is -0.134. The van der Waals surface area contributed by atoms with E-state index in [0.29, 0.717) is 34.2 Å². The fourth-order valence-electron chi connectivity index (χ4n) is 3.63. The zero-order valence-electron chi connectivity index (χ0n) is 17.5. The van der Waals surface area contributed by atoms with E-state index in [1.165, 1.54) is 11.3 Å². The summed E-state index contributed by atoms with van der Waals surface area (Å²) in [5.41, 5.74) is 2.94. The van der Waals surface area contributed by atoms with Crippen molar-refractivity contribution in [2.24, 2.45) is 5.92 Å². The number of anilines is 1. The van der Waals surface area contributed by atoms with Crippen LogP contribution in [0.5, 0.6) is 0 Å². The average Bonchev–Trinajstić information content (AvgIpc) is 3.33. The highest BCUT2D eigenvalue weighted by Crippen LogP contribution is 2.33. The van der Waals surface area contributed by atoms with Crippen molar-refractivity contribution in [2.75, 3.05) is 12.4 Å². The van der Waals surface area contributed by atoms with Gasteiger partial charge in [-0.1, -0.05) is 29.0 Å². The summed E-state index contributed by atoms with van der Waals surface area (Å²) in [7, 11) is 1.73. The Morgan fingerprint density at radius 1 is 1.23 bits per heavy atom. The van der Waals surface area contributed by atoms with Gasteiger partial charge >= 0.3 is 0 Å². The number of Topliss-reactive ketones (excluding diaryl/α,β-unsaturated/α-hetero) is 1. The van der Waals surface area contributed by atoms with Gasteiger partial charge in [-0.05, 0) is 26.0 Å². The molecule has 0 saturated carbocycles. The molecule has 0 bridgehead atoms. The van der Waals surface area contributed by atoms with E-state index in [0.717, 1.165) is 16.3 Å². The number of rotatable bonds is 5. The molecule has 160 valence electrons. The summed E-state index contributed by atoms with van der Waals surface area (Å²) >= 11 is 2.72. The smallest absolute Gasteiger partial charge is 0.257 e. The Kier molecular flexibility index (Phi) is 5.97. The first-order valence-electron chi connectivity index (χ1n) is 9.87. The first kappa shape index (κ1) is 21.3. The van der Waals surface area contributed by atoms with Crippen LogP contribution in [0.3, 0.4) is 0 Å². The fraction of sp³-hybridized carbons (Fsp3) is 0.318. The summed E-state index contributed by atoms with van der Waals surface area (Å²) in [4.78, 5) is 49.1. The van der Waals surface area contributed by atoms with Gasteiger partial charge in [0.05, 0.1) is 33.7 Å². The number of hydrogen-bond acceptors (Lipinski definition) is 7. The molecule has 4 rings (SSSR count). The first-order valence-corrected chi connectivity index (χ1v) is 11.6. The number of carbonyl (C=O) groups is 3. The summed E-state index contributed by atoms with van der Waals surface area (Å²) < 4.78 is 0. The topological polar surface area (TPSA) is 92.3 Å². The van der Waals surface area contributed by atoms with E-state index in [4.69, 9.17) is 0 Å². The Bertz CT molecular complexity index is 1170. The third kappa shape index (κ3) is 4.72. The Balaban J connectivity index is 1.45. The number of thiazole rings is 2. The normalized spacial score (nSPS) is 15.5. The zero-order valence-corrected chi connectivity index (χ0v) is 19.1. The predicted octanol–water partition coefficient (Wildman–Crippen LogP) is 3.87. The summed E-state index contributed by atoms with van der Waals surface area (Å²) in [6.45, 7) is 4.26. The number of nitrogens with one attached hydrogen (secondary N) is 1. The van der Waals surface area contributed by atoms with Gasteiger partial charge in [0.2, 0.25) is 5.91 Å². The molecule has 7 nitrogen and oxygen atoms in total. The van der Waals surface area contributed by atoms with Gasteiger partial charge in [-0.25, -0.2) is 9.97 Å². The zero-order chi connectivity index (χ0) is 22.1. The van der Waals surface area contributed by atoms with Crippen molar-refractivity contribution in [1.29, 1.82) is 0 Å². The molecular weight excluding hydrogens is 432 g/mol. The molecule has 1 N–H and O–H groups in total. The maximum absolute atomic E-state index is 12.9. The van der Waals surface area contributed by atoms with Crippen LogP contribution in [0.2, 0.25) is 0 Å². The van der Waals surface area contributed by atoms with E-state index in [1.807, 2.05) is 31.4 Å². The third-order valence-electron chi connectivity index (χ3n) is 5.11. The van der Waals surface area contributed by atoms with Gasteiger partial charge in [0.25, 0.3) is 5.91 Å². The van der Waals surface area contributed by atoms with Gasteiger partial charge in [0.15, 0.2) is 10.9 Å². The van der Waals surface area contributed by atoms with Crippen LogP contribution in [0.4, 0.5) is 5.13 Å². The number of aryl methyl sites for hydroxylation is 2. The molecule has 0 spiro atoms. The average molecular weight is 455 g/mol. The molecule has 3 aromatic rings. The maximum Gasteiger partial charge on any atom is 0.257 e. The van der Waals surface area contributed by atoms with E-state index in [1.54, 1.807) is 35.4 Å². The number of carbonyl (C=O) groups excluding carboxylic acids is 3. The molecule has 1 aliphatic rings. The third-order valence-corrected chi connectivity index (χ3v) is 6.99. The number of ketones is 1. The molecule has 1 atom stereocenters. The second-order valence-electron chi connectivity index (χ2n) is 7.70. The molecule has 2 heterocycles. The van der Waals surface area contributed by atoms with Crippen molar-refractivity contribution >= 4 is 45.4 Å². The molecule has 1 aliphatic carbocycles. The van der Waals surface area contributed by atoms with Gasteiger partial charge in [-0.2, -0.15) is 0 Å². The van der Waals surface area contributed by atoms with Crippen LogP contribution in [-0.4, -0.2) is 39.5 Å². The van der Waals surface area contributed by atoms with Crippen molar-refractivity contribution in [3.8, 4) is 0 Å². The molecule has 0 fully saturated rings. The molecule has 31 heavy (non-hydrogen) atoms. The lowest BCUT2D eigenvalue weighted by atomic mass is 9.89. The number of benzene rings is 1. The number of hydrogen-bond donors (Lipinski definition) is 1. The van der Waals surface area contributed by atoms with E-state index >= 15 is 0 Å². The lowest BCUT2D eigenvalue weighted by Crippen LogP contribution is -2.36. The first-order chi connectivity index (χ1) is 14.8. The van der Waals surface area contributed by atoms with E-state index in [9.17, 15) is 14.4 Å². The lowest BCUT2D eigenvalue weighted by Gasteiger charge is -2.25. The van der Waals surface area contributed by atoms with E-state index < -0.39 is 5.92 Å². The maximum atomic E-state index is 12.9. The minimum atomic E-state index is -0.452. The van der Waals surface area contributed by atoms with Crippen molar-refractivity contribution in [3.05, 3.63) is 62.0 Å². The molecule has 0 saturated heterocycles. The summed E-state index contributed by atoms with van der Waals surface area (Å²) in [5, 5.41) is 6.05. The van der Waals surface area contributed by atoms with Crippen LogP contribution >= 0.6 is 22.7 Å². The molecule has 1 aromatic carbocycles. The Hall–Kier alpha value is -2.91. The highest BCUT2D eigenvalue weighted by atomic mass is 32.1. The van der Waals surface area contributed by atoms with Crippen molar-refractivity contribution in [2.45, 2.75) is 33.2 Å². The second-order valence-corrected chi connectivity index (χ2v) is 9.76. The molecule has 2 amide bonds. The summed E-state index contributed by atoms with van der Waals surface area (Å²) in [5.74, 6) is -0.922. The number of nitrogens with zero attached hydrogens (tertiary/aromatic N) is 3. The van der Waals surface area contributed by atoms with E-state index in [2.05, 4.69) is 15.3 Å². The van der Waals surface area contributed by atoms with Gasteiger partial charge in [-0.3, -0.25) is 19.7 Å². The van der Waals surface area contributed by atoms with Crippen LogP contribution in [0.15, 0.2) is 29.6 Å². The number of amides is 2. The SMILES string of the molecule is Cc1cccc(C(=O)Nc2nc3c(s2)C(=O)C[C@H](C(=O)N(C)Cc2csc(C)n2)C3)c1. The Morgan fingerprint density at radius 3 is 2.74 bits per heavy atom. The molecule has 0 unspecified atom stereocenters. The fourth-order valence-corrected chi connectivity index (χ4v) is 5.17. The standard InChI is InChI=1S/C22H22N4O3S2/c1-12-5-4-6-14(7-12)20(28)25-22-24-17-8-15(9-18(27)19(17)31-22)21(29)26(3)10-16-11-30-13(2)23-16/h4-7,11,15H,8-10H2,1-3H3,(H,24,25,28)/t15-/m1/s1. The van der Waals surface area contributed by atoms with Crippen molar-refractivity contribution < 1.29 is 14.4 Å². The predicted molar refractivity (Wildman–Crippen MR) is 121 cm³/mol. The highest BCUT2D eigenvalue weighted by molar-refractivity contribution is 7.17. The van der Waals surface area contributed by atoms with Gasteiger partial charge in [-0.15, -0.1) is 11.3 Å². The summed E-state index contributed by atoms with van der Waals surface area (Å²) in [6, 6.07) is 7.26. The van der Waals surface area contributed by atoms with Crippen molar-refractivity contribution in [3.63, 3.8) is 0 Å². The summed E-state index contributed by atoms with van der Waals surface area (Å²) in [6.07, 6.45) is 0.539. The minimum Gasteiger partial charge on any atom is -0.340 e. The van der Waals surface area contributed by atoms with E-state index in [-0.39, 0.29) is 24.0 Å². The van der Waals surface area contributed by atoms with Crippen LogP contribution < -0.4 is 5.32 Å². The largest absolute Gasteiger partial charge is 0.340 e. The number of fused-ring (bicyclic) bond motifs is 1. The number of aromatic nitrogens is 2. The minimum absolute atomic E-state index is 0.0944. The molecule has 2 aromatic heterocycles. The second kappa shape index (κ2) is 8.68. The van der Waals surface area contributed by atoms with Gasteiger partial charge < -0.3 is 4.90 Å². The van der Waals surface area contributed by atoms with Crippen LogP contribution in [-0.2, 0) is 17.8 Å². The Labute approximate surface area is 188 Å². The van der Waals surface area contributed by atoms with Crippen LogP contribution in [0.1, 0.15) is 48.4 Å². The van der Waals surface area contributed by atoms with Crippen molar-refractivity contribution in [1.82, 2.24) is 14.9 Å².